The Labute approximate surface area is 121 Å². The molecule has 0 rings (SSSR count). The molecular weight excluding hydrogens is 292 g/mol. The quantitative estimate of drug-likeness (QED) is 0.275. The molecule has 6 nitrogen and oxygen atoms in total. The maximum atomic E-state index is 11.2. The van der Waals surface area contributed by atoms with Crippen molar-refractivity contribution in [2.24, 2.45) is 0 Å². The van der Waals surface area contributed by atoms with E-state index in [1.165, 1.54) is 11.8 Å². The highest BCUT2D eigenvalue weighted by Crippen LogP contribution is 2.04. The van der Waals surface area contributed by atoms with Crippen LogP contribution in [-0.2, 0) is 28.6 Å². The summed E-state index contributed by atoms with van der Waals surface area (Å²) in [5.41, 5.74) is 0. The molecule has 0 aliphatic rings. The maximum absolute atomic E-state index is 11.2. The van der Waals surface area contributed by atoms with Gasteiger partial charge in [0.15, 0.2) is 0 Å². The van der Waals surface area contributed by atoms with E-state index in [1.54, 1.807) is 6.92 Å². The molecule has 0 aromatic carbocycles. The van der Waals surface area contributed by atoms with Gasteiger partial charge in [-0.3, -0.25) is 14.4 Å². The second kappa shape index (κ2) is 12.2. The number of thioether (sulfide) groups is 1. The Bertz CT molecular complexity index is 295. The van der Waals surface area contributed by atoms with E-state index < -0.39 is 11.9 Å². The summed E-state index contributed by atoms with van der Waals surface area (Å²) in [7, 11) is 0. The molecule has 110 valence electrons. The molecule has 0 N–H and O–H groups in total. The fourth-order valence-electron chi connectivity index (χ4n) is 0.942. The molecule has 19 heavy (non-hydrogen) atoms. The summed E-state index contributed by atoms with van der Waals surface area (Å²) >= 11 is 5.01. The minimum Gasteiger partial charge on any atom is -0.466 e. The van der Waals surface area contributed by atoms with Gasteiger partial charge in [0.1, 0.15) is 13.2 Å². The number of hydrogen-bond acceptors (Lipinski definition) is 8. The van der Waals surface area contributed by atoms with Crippen molar-refractivity contribution < 1.29 is 28.6 Å². The van der Waals surface area contributed by atoms with Gasteiger partial charge in [-0.25, -0.2) is 0 Å². The van der Waals surface area contributed by atoms with Crippen LogP contribution in [0.15, 0.2) is 0 Å². The van der Waals surface area contributed by atoms with E-state index in [1.807, 2.05) is 0 Å². The molecular formula is C11H18O6S2. The van der Waals surface area contributed by atoms with E-state index in [0.717, 1.165) is 0 Å². The molecule has 0 aromatic heterocycles. The van der Waals surface area contributed by atoms with Gasteiger partial charge in [-0.1, -0.05) is 0 Å². The molecule has 0 aliphatic heterocycles. The molecule has 0 fully saturated rings. The minimum absolute atomic E-state index is 0.00232. The van der Waals surface area contributed by atoms with Gasteiger partial charge in [0.2, 0.25) is 0 Å². The molecule has 0 heterocycles. The van der Waals surface area contributed by atoms with Gasteiger partial charge in [0, 0.05) is 5.75 Å². The highest BCUT2D eigenvalue weighted by molar-refractivity contribution is 7.99. The number of rotatable bonds is 10. The molecule has 0 aromatic rings. The summed E-state index contributed by atoms with van der Waals surface area (Å²) in [6.07, 6.45) is 0.269. The zero-order valence-electron chi connectivity index (χ0n) is 10.8. The molecule has 0 saturated carbocycles. The standard InChI is InChI=1S/C11H18O6S2/c1-2-15-9(12)3-6-19-8-11(14)17-5-4-16-10(13)7-18/h18H,2-8H2,1H3. The van der Waals surface area contributed by atoms with Crippen molar-refractivity contribution >= 4 is 42.3 Å². The highest BCUT2D eigenvalue weighted by Gasteiger charge is 2.06. The van der Waals surface area contributed by atoms with Gasteiger partial charge in [-0.2, -0.15) is 12.6 Å². The molecule has 0 amide bonds. The lowest BCUT2D eigenvalue weighted by Crippen LogP contribution is -2.16. The average molecular weight is 310 g/mol. The zero-order valence-corrected chi connectivity index (χ0v) is 12.5. The lowest BCUT2D eigenvalue weighted by atomic mass is 10.5. The van der Waals surface area contributed by atoms with E-state index >= 15 is 0 Å². The fourth-order valence-corrected chi connectivity index (χ4v) is 1.74. The van der Waals surface area contributed by atoms with Crippen molar-refractivity contribution in [1.82, 2.24) is 0 Å². The van der Waals surface area contributed by atoms with Crippen molar-refractivity contribution in [2.75, 3.05) is 37.1 Å². The van der Waals surface area contributed by atoms with E-state index in [2.05, 4.69) is 17.4 Å². The van der Waals surface area contributed by atoms with Crippen LogP contribution >= 0.6 is 24.4 Å². The second-order valence-corrected chi connectivity index (χ2v) is 4.63. The smallest absolute Gasteiger partial charge is 0.316 e. The number of carbonyl (C=O) groups is 3. The number of esters is 3. The summed E-state index contributed by atoms with van der Waals surface area (Å²) in [4.78, 5) is 32.9. The van der Waals surface area contributed by atoms with Crippen molar-refractivity contribution in [3.05, 3.63) is 0 Å². The predicted molar refractivity (Wildman–Crippen MR) is 74.3 cm³/mol. The van der Waals surface area contributed by atoms with Crippen LogP contribution in [0.2, 0.25) is 0 Å². The van der Waals surface area contributed by atoms with E-state index in [-0.39, 0.29) is 37.1 Å². The summed E-state index contributed by atoms with van der Waals surface area (Å²) in [6, 6.07) is 0. The van der Waals surface area contributed by atoms with Crippen LogP contribution < -0.4 is 0 Å². The first kappa shape index (κ1) is 18.1. The van der Waals surface area contributed by atoms with Gasteiger partial charge in [0.25, 0.3) is 0 Å². The van der Waals surface area contributed by atoms with Crippen LogP contribution in [0.1, 0.15) is 13.3 Å². The minimum atomic E-state index is -0.455. The zero-order chi connectivity index (χ0) is 14.5. The SMILES string of the molecule is CCOC(=O)CCSCC(=O)OCCOC(=O)CS. The molecule has 0 aliphatic carbocycles. The largest absolute Gasteiger partial charge is 0.466 e. The third kappa shape index (κ3) is 11.9. The Hall–Kier alpha value is -0.890. The Morgan fingerprint density at radius 2 is 1.63 bits per heavy atom. The fraction of sp³-hybridized carbons (Fsp3) is 0.727. The summed E-state index contributed by atoms with van der Waals surface area (Å²) in [6.45, 7) is 2.15. The van der Waals surface area contributed by atoms with Gasteiger partial charge in [0.05, 0.1) is 24.5 Å². The van der Waals surface area contributed by atoms with Gasteiger partial charge >= 0.3 is 17.9 Å². The maximum Gasteiger partial charge on any atom is 0.316 e. The van der Waals surface area contributed by atoms with Gasteiger partial charge in [-0.05, 0) is 6.92 Å². The first-order chi connectivity index (χ1) is 9.10. The second-order valence-electron chi connectivity index (χ2n) is 3.21. The van der Waals surface area contributed by atoms with Crippen LogP contribution in [-0.4, -0.2) is 55.0 Å². The van der Waals surface area contributed by atoms with Gasteiger partial charge < -0.3 is 14.2 Å². The Kier molecular flexibility index (Phi) is 11.6. The van der Waals surface area contributed by atoms with Crippen molar-refractivity contribution in [3.8, 4) is 0 Å². The summed E-state index contributed by atoms with van der Waals surface area (Å²) < 4.78 is 14.2. The van der Waals surface area contributed by atoms with Crippen LogP contribution in [0.3, 0.4) is 0 Å². The number of thiol groups is 1. The third-order valence-corrected chi connectivity index (χ3v) is 2.91. The van der Waals surface area contributed by atoms with E-state index in [4.69, 9.17) is 9.47 Å². The lowest BCUT2D eigenvalue weighted by Gasteiger charge is -2.05. The Morgan fingerprint density at radius 3 is 2.21 bits per heavy atom. The highest BCUT2D eigenvalue weighted by atomic mass is 32.2. The molecule has 0 atom stereocenters. The molecule has 0 unspecified atom stereocenters. The first-order valence-electron chi connectivity index (χ1n) is 5.75. The summed E-state index contributed by atoms with van der Waals surface area (Å²) in [5.74, 6) is -0.485. The molecule has 0 spiro atoms. The van der Waals surface area contributed by atoms with Crippen LogP contribution in [0.4, 0.5) is 0 Å². The summed E-state index contributed by atoms with van der Waals surface area (Å²) in [5, 5.41) is 0. The molecule has 0 radical (unpaired) electrons. The molecule has 0 bridgehead atoms. The number of carbonyl (C=O) groups excluding carboxylic acids is 3. The van der Waals surface area contributed by atoms with Gasteiger partial charge in [-0.15, -0.1) is 11.8 Å². The number of hydrogen-bond donors (Lipinski definition) is 1. The molecule has 0 saturated heterocycles. The van der Waals surface area contributed by atoms with Crippen molar-refractivity contribution in [3.63, 3.8) is 0 Å². The van der Waals surface area contributed by atoms with E-state index in [9.17, 15) is 14.4 Å². The molecule has 8 heteroatoms. The number of ether oxygens (including phenoxy) is 3. The third-order valence-electron chi connectivity index (χ3n) is 1.71. The topological polar surface area (TPSA) is 78.9 Å². The van der Waals surface area contributed by atoms with Crippen LogP contribution in [0, 0.1) is 0 Å². The Morgan fingerprint density at radius 1 is 1.00 bits per heavy atom. The first-order valence-corrected chi connectivity index (χ1v) is 7.54. The predicted octanol–water partition coefficient (Wildman–Crippen LogP) is 0.689. The van der Waals surface area contributed by atoms with Crippen LogP contribution in [0.25, 0.3) is 0 Å². The van der Waals surface area contributed by atoms with E-state index in [0.29, 0.717) is 12.4 Å². The average Bonchev–Trinajstić information content (AvgIpc) is 2.39. The monoisotopic (exact) mass is 310 g/mol. The normalized spacial score (nSPS) is 9.79. The lowest BCUT2D eigenvalue weighted by molar-refractivity contribution is -0.148. The Balaban J connectivity index is 3.40. The van der Waals surface area contributed by atoms with Crippen LogP contribution in [0.5, 0.6) is 0 Å². The van der Waals surface area contributed by atoms with Crippen molar-refractivity contribution in [1.29, 1.82) is 0 Å². The van der Waals surface area contributed by atoms with Crippen molar-refractivity contribution in [2.45, 2.75) is 13.3 Å².